The molecule has 8 heteroatoms. The van der Waals surface area contributed by atoms with Crippen molar-refractivity contribution in [3.63, 3.8) is 0 Å². The minimum Gasteiger partial charge on any atom is -0.480 e. The van der Waals surface area contributed by atoms with Gasteiger partial charge in [-0.2, -0.15) is 0 Å². The van der Waals surface area contributed by atoms with Crippen LogP contribution in [0.3, 0.4) is 0 Å². The molecule has 0 bridgehead atoms. The molecule has 0 radical (unpaired) electrons. The third-order valence-electron chi connectivity index (χ3n) is 3.58. The zero-order valence-electron chi connectivity index (χ0n) is 13.2. The van der Waals surface area contributed by atoms with Gasteiger partial charge in [0.15, 0.2) is 15.1 Å². The van der Waals surface area contributed by atoms with Gasteiger partial charge in [-0.05, 0) is 31.5 Å². The van der Waals surface area contributed by atoms with Crippen molar-refractivity contribution in [1.82, 2.24) is 0 Å². The number of hydrogen-bond acceptors (Lipinski definition) is 4. The van der Waals surface area contributed by atoms with Crippen molar-refractivity contribution in [1.29, 1.82) is 0 Å². The van der Waals surface area contributed by atoms with E-state index >= 15 is 0 Å². The van der Waals surface area contributed by atoms with Crippen molar-refractivity contribution in [2.24, 2.45) is 11.0 Å². The van der Waals surface area contributed by atoms with Gasteiger partial charge in [0.25, 0.3) is 0 Å². The number of aliphatic carboxylic acids is 1. The number of azide groups is 1. The van der Waals surface area contributed by atoms with Crippen LogP contribution in [-0.2, 0) is 14.6 Å². The lowest BCUT2D eigenvalue weighted by Gasteiger charge is -2.27. The van der Waals surface area contributed by atoms with Gasteiger partial charge in [0.05, 0.1) is 4.90 Å². The molecule has 0 aromatic heterocycles. The third kappa shape index (κ3) is 4.12. The Balaban J connectivity index is 3.49. The first-order valence-electron chi connectivity index (χ1n) is 6.86. The number of hydrogen-bond donors (Lipinski definition) is 1. The molecule has 0 saturated heterocycles. The summed E-state index contributed by atoms with van der Waals surface area (Å²) < 4.78 is 25.6. The van der Waals surface area contributed by atoms with Crippen molar-refractivity contribution in [2.75, 3.05) is 0 Å². The molecule has 1 N–H and O–H groups in total. The van der Waals surface area contributed by atoms with Gasteiger partial charge in [0.2, 0.25) is 0 Å². The summed E-state index contributed by atoms with van der Waals surface area (Å²) in [6.45, 7) is 8.46. The Morgan fingerprint density at radius 3 is 2.26 bits per heavy atom. The molecule has 0 aliphatic rings. The fraction of sp³-hybridized carbons (Fsp3) is 0.400. The molecular weight excluding hydrogens is 318 g/mol. The number of aryl methyl sites for hydroxylation is 1. The molecule has 0 aliphatic heterocycles. The maximum atomic E-state index is 12.8. The molecule has 1 aromatic rings. The van der Waals surface area contributed by atoms with E-state index in [1.807, 2.05) is 0 Å². The topological polar surface area (TPSA) is 120 Å². The van der Waals surface area contributed by atoms with E-state index < -0.39 is 33.0 Å². The van der Waals surface area contributed by atoms with Crippen LogP contribution in [0.1, 0.15) is 19.4 Å². The Morgan fingerprint density at radius 2 is 1.87 bits per heavy atom. The number of benzene rings is 1. The highest BCUT2D eigenvalue weighted by Crippen LogP contribution is 2.30. The predicted octanol–water partition coefficient (Wildman–Crippen LogP) is 3.11. The van der Waals surface area contributed by atoms with Crippen molar-refractivity contribution in [3.05, 3.63) is 52.4 Å². The van der Waals surface area contributed by atoms with E-state index in [9.17, 15) is 18.3 Å². The molecule has 0 heterocycles. The number of carboxylic acid groups (broad SMARTS) is 1. The lowest BCUT2D eigenvalue weighted by atomic mass is 9.91. The fourth-order valence-electron chi connectivity index (χ4n) is 2.43. The van der Waals surface area contributed by atoms with E-state index in [2.05, 4.69) is 16.6 Å². The Kier molecular flexibility index (Phi) is 5.95. The Labute approximate surface area is 135 Å². The highest BCUT2D eigenvalue weighted by Gasteiger charge is 2.43. The second-order valence-electron chi connectivity index (χ2n) is 5.43. The van der Waals surface area contributed by atoms with Gasteiger partial charge >= 0.3 is 5.97 Å². The van der Waals surface area contributed by atoms with E-state index in [4.69, 9.17) is 5.53 Å². The lowest BCUT2D eigenvalue weighted by Crippen LogP contribution is -2.42. The van der Waals surface area contributed by atoms with Crippen molar-refractivity contribution >= 4 is 15.8 Å². The van der Waals surface area contributed by atoms with Gasteiger partial charge in [-0.15, -0.1) is 0 Å². The van der Waals surface area contributed by atoms with Crippen LogP contribution in [0.15, 0.2) is 46.4 Å². The van der Waals surface area contributed by atoms with Crippen LogP contribution in [0.25, 0.3) is 10.4 Å². The van der Waals surface area contributed by atoms with E-state index in [0.29, 0.717) is 5.57 Å². The minimum atomic E-state index is -4.17. The summed E-state index contributed by atoms with van der Waals surface area (Å²) >= 11 is 0. The SMILES string of the molecule is C=C(C)C(C(C)N=[N+]=[N-])C(C(=O)O)S(=O)(=O)c1ccc(C)cc1. The van der Waals surface area contributed by atoms with Gasteiger partial charge in [0, 0.05) is 16.9 Å². The maximum Gasteiger partial charge on any atom is 0.322 e. The fourth-order valence-corrected chi connectivity index (χ4v) is 4.35. The van der Waals surface area contributed by atoms with Gasteiger partial charge in [-0.1, -0.05) is 41.9 Å². The van der Waals surface area contributed by atoms with Crippen molar-refractivity contribution in [2.45, 2.75) is 37.0 Å². The first-order valence-corrected chi connectivity index (χ1v) is 8.40. The first-order chi connectivity index (χ1) is 10.6. The highest BCUT2D eigenvalue weighted by atomic mass is 32.2. The number of carboxylic acids is 1. The van der Waals surface area contributed by atoms with E-state index in [1.54, 1.807) is 19.1 Å². The molecule has 0 amide bonds. The lowest BCUT2D eigenvalue weighted by molar-refractivity contribution is -0.137. The summed E-state index contributed by atoms with van der Waals surface area (Å²) in [5.41, 5.74) is 9.75. The zero-order valence-corrected chi connectivity index (χ0v) is 14.0. The summed E-state index contributed by atoms with van der Waals surface area (Å²) in [7, 11) is -4.17. The van der Waals surface area contributed by atoms with Gasteiger partial charge in [-0.3, -0.25) is 4.79 Å². The summed E-state index contributed by atoms with van der Waals surface area (Å²) in [6, 6.07) is 5.07. The molecular formula is C15H19N3O4S. The Morgan fingerprint density at radius 1 is 1.35 bits per heavy atom. The van der Waals surface area contributed by atoms with Gasteiger partial charge in [0.1, 0.15) is 0 Å². The van der Waals surface area contributed by atoms with Crippen LogP contribution in [0.5, 0.6) is 0 Å². The van der Waals surface area contributed by atoms with Crippen LogP contribution in [0, 0.1) is 12.8 Å². The average Bonchev–Trinajstić information content (AvgIpc) is 2.44. The maximum absolute atomic E-state index is 12.8. The molecule has 3 unspecified atom stereocenters. The highest BCUT2D eigenvalue weighted by molar-refractivity contribution is 7.92. The van der Waals surface area contributed by atoms with E-state index in [-0.39, 0.29) is 4.90 Å². The third-order valence-corrected chi connectivity index (χ3v) is 5.67. The van der Waals surface area contributed by atoms with E-state index in [1.165, 1.54) is 26.0 Å². The average molecular weight is 337 g/mol. The number of rotatable bonds is 7. The van der Waals surface area contributed by atoms with Crippen LogP contribution < -0.4 is 0 Å². The summed E-state index contributed by atoms with van der Waals surface area (Å²) in [6.07, 6.45) is 0. The zero-order chi connectivity index (χ0) is 17.8. The second kappa shape index (κ2) is 7.30. The monoisotopic (exact) mass is 337 g/mol. The number of carbonyl (C=O) groups is 1. The standard InChI is InChI=1S/C15H19N3O4S/c1-9(2)13(11(4)17-18-16)14(15(19)20)23(21,22)12-7-5-10(3)6-8-12/h5-8,11,13-14H,1H2,2-4H3,(H,19,20). The molecule has 1 rings (SSSR count). The number of sulfone groups is 1. The molecule has 0 aliphatic carbocycles. The summed E-state index contributed by atoms with van der Waals surface area (Å²) in [5.74, 6) is -2.53. The van der Waals surface area contributed by atoms with Gasteiger partial charge in [-0.25, -0.2) is 8.42 Å². The minimum absolute atomic E-state index is 0.0881. The molecule has 0 fully saturated rings. The smallest absolute Gasteiger partial charge is 0.322 e. The molecule has 23 heavy (non-hydrogen) atoms. The van der Waals surface area contributed by atoms with Crippen LogP contribution in [0.4, 0.5) is 0 Å². The van der Waals surface area contributed by atoms with Crippen LogP contribution >= 0.6 is 0 Å². The molecule has 0 spiro atoms. The van der Waals surface area contributed by atoms with E-state index in [0.717, 1.165) is 5.56 Å². The normalized spacial score (nSPS) is 15.1. The molecule has 0 saturated carbocycles. The number of nitrogens with zero attached hydrogens (tertiary/aromatic N) is 3. The molecule has 124 valence electrons. The molecule has 1 aromatic carbocycles. The van der Waals surface area contributed by atoms with Crippen molar-refractivity contribution in [3.8, 4) is 0 Å². The summed E-state index contributed by atoms with van der Waals surface area (Å²) in [5, 5.41) is 11.2. The van der Waals surface area contributed by atoms with Crippen LogP contribution in [-0.4, -0.2) is 30.8 Å². The second-order valence-corrected chi connectivity index (χ2v) is 7.50. The largest absolute Gasteiger partial charge is 0.480 e. The Bertz CT molecular complexity index is 749. The van der Waals surface area contributed by atoms with Gasteiger partial charge < -0.3 is 5.11 Å². The first kappa shape index (κ1) is 18.7. The predicted molar refractivity (Wildman–Crippen MR) is 86.7 cm³/mol. The summed E-state index contributed by atoms with van der Waals surface area (Å²) in [4.78, 5) is 14.2. The van der Waals surface area contributed by atoms with Crippen molar-refractivity contribution < 1.29 is 18.3 Å². The Hall–Kier alpha value is -2.31. The van der Waals surface area contributed by atoms with Crippen LogP contribution in [0.2, 0.25) is 0 Å². The molecule has 3 atom stereocenters. The molecule has 7 nitrogen and oxygen atoms in total. The quantitative estimate of drug-likeness (QED) is 0.355.